The van der Waals surface area contributed by atoms with E-state index < -0.39 is 16.6 Å². The molecule has 1 saturated heterocycles. The fourth-order valence-corrected chi connectivity index (χ4v) is 5.66. The molecule has 0 amide bonds. The molecule has 1 aromatic carbocycles. The largest absolute Gasteiger partial charge is 0.392 e. The van der Waals surface area contributed by atoms with Crippen LogP contribution in [0.3, 0.4) is 0 Å². The molecule has 7 heteroatoms. The third-order valence-electron chi connectivity index (χ3n) is 3.98. The summed E-state index contributed by atoms with van der Waals surface area (Å²) in [5.74, 6) is 0. The van der Waals surface area contributed by atoms with Crippen LogP contribution < -0.4 is 0 Å². The lowest BCUT2D eigenvalue weighted by Crippen LogP contribution is -2.47. The Morgan fingerprint density at radius 3 is 2.33 bits per heavy atom. The number of piperidine rings is 1. The molecule has 0 saturated carbocycles. The summed E-state index contributed by atoms with van der Waals surface area (Å²) >= 11 is 12.1. The molecule has 2 atom stereocenters. The Balaban J connectivity index is 2.54. The summed E-state index contributed by atoms with van der Waals surface area (Å²) in [5.41, 5.74) is 0.247. The molecule has 1 N–H and O–H groups in total. The zero-order chi connectivity index (χ0) is 15.8. The van der Waals surface area contributed by atoms with E-state index in [1.165, 1.54) is 16.4 Å². The van der Waals surface area contributed by atoms with E-state index >= 15 is 0 Å². The van der Waals surface area contributed by atoms with Crippen LogP contribution >= 0.6 is 23.2 Å². The minimum atomic E-state index is -3.71. The predicted molar refractivity (Wildman–Crippen MR) is 84.2 cm³/mol. The molecule has 1 heterocycles. The van der Waals surface area contributed by atoms with Gasteiger partial charge in [-0.15, -0.1) is 0 Å². The first-order valence-corrected chi connectivity index (χ1v) is 9.11. The van der Waals surface area contributed by atoms with Crippen LogP contribution in [-0.4, -0.2) is 29.9 Å². The monoisotopic (exact) mass is 351 g/mol. The van der Waals surface area contributed by atoms with Gasteiger partial charge in [-0.3, -0.25) is 0 Å². The highest BCUT2D eigenvalue weighted by molar-refractivity contribution is 7.89. The van der Waals surface area contributed by atoms with Crippen molar-refractivity contribution in [3.8, 4) is 0 Å². The van der Waals surface area contributed by atoms with Gasteiger partial charge < -0.3 is 5.11 Å². The number of halogens is 2. The van der Waals surface area contributed by atoms with Gasteiger partial charge in [-0.25, -0.2) is 8.42 Å². The van der Waals surface area contributed by atoms with Crippen molar-refractivity contribution in [3.63, 3.8) is 0 Å². The number of hydrogen-bond acceptors (Lipinski definition) is 3. The fraction of sp³-hybridized carbons (Fsp3) is 0.571. The van der Waals surface area contributed by atoms with Crippen LogP contribution in [0.4, 0.5) is 0 Å². The van der Waals surface area contributed by atoms with Crippen molar-refractivity contribution < 1.29 is 13.5 Å². The van der Waals surface area contributed by atoms with Crippen LogP contribution in [0, 0.1) is 0 Å². The average molecular weight is 352 g/mol. The zero-order valence-corrected chi connectivity index (χ0v) is 14.3. The first-order chi connectivity index (χ1) is 9.80. The lowest BCUT2D eigenvalue weighted by Gasteiger charge is -2.38. The van der Waals surface area contributed by atoms with Gasteiger partial charge in [-0.05, 0) is 38.8 Å². The first-order valence-electron chi connectivity index (χ1n) is 6.92. The van der Waals surface area contributed by atoms with E-state index in [1.807, 2.05) is 13.8 Å². The number of nitrogens with zero attached hydrogens (tertiary/aromatic N) is 1. The minimum absolute atomic E-state index is 0.00923. The molecule has 1 fully saturated rings. The highest BCUT2D eigenvalue weighted by atomic mass is 35.5. The van der Waals surface area contributed by atoms with E-state index in [0.717, 1.165) is 19.3 Å². The van der Waals surface area contributed by atoms with E-state index in [2.05, 4.69) is 0 Å². The number of aliphatic hydroxyl groups excluding tert-OH is 1. The SMILES string of the molecule is CC1CCCC(C)N1S(=O)(=O)c1ccc(Cl)c(CO)c1Cl. The van der Waals surface area contributed by atoms with Crippen molar-refractivity contribution in [2.24, 2.45) is 0 Å². The molecular formula is C14H19Cl2NO3S. The molecule has 2 unspecified atom stereocenters. The lowest BCUT2D eigenvalue weighted by molar-refractivity contribution is 0.204. The number of aliphatic hydroxyl groups is 1. The average Bonchev–Trinajstić information content (AvgIpc) is 2.38. The van der Waals surface area contributed by atoms with Gasteiger partial charge in [0.15, 0.2) is 0 Å². The Kier molecular flexibility index (Phi) is 5.21. The van der Waals surface area contributed by atoms with Gasteiger partial charge in [0, 0.05) is 22.7 Å². The molecule has 1 aliphatic heterocycles. The molecular weight excluding hydrogens is 333 g/mol. The fourth-order valence-electron chi connectivity index (χ4n) is 2.91. The number of sulfonamides is 1. The highest BCUT2D eigenvalue weighted by Crippen LogP contribution is 2.36. The molecule has 1 aliphatic rings. The van der Waals surface area contributed by atoms with Gasteiger partial charge in [0.2, 0.25) is 10.0 Å². The quantitative estimate of drug-likeness (QED) is 0.907. The summed E-state index contributed by atoms with van der Waals surface area (Å²) in [7, 11) is -3.71. The topological polar surface area (TPSA) is 57.6 Å². The molecule has 21 heavy (non-hydrogen) atoms. The van der Waals surface area contributed by atoms with Crippen LogP contribution in [0.2, 0.25) is 10.0 Å². The lowest BCUT2D eigenvalue weighted by atomic mass is 10.0. The van der Waals surface area contributed by atoms with Crippen molar-refractivity contribution in [2.75, 3.05) is 0 Å². The smallest absolute Gasteiger partial charge is 0.245 e. The third-order valence-corrected chi connectivity index (χ3v) is 7.05. The molecule has 2 rings (SSSR count). The summed E-state index contributed by atoms with van der Waals surface area (Å²) in [6, 6.07) is 2.74. The van der Waals surface area contributed by atoms with Crippen molar-refractivity contribution >= 4 is 33.2 Å². The van der Waals surface area contributed by atoms with Crippen LogP contribution in [0.1, 0.15) is 38.7 Å². The third kappa shape index (κ3) is 3.08. The van der Waals surface area contributed by atoms with Crippen LogP contribution in [-0.2, 0) is 16.6 Å². The Hall–Kier alpha value is -0.330. The summed E-state index contributed by atoms with van der Waals surface area (Å²) < 4.78 is 27.4. The molecule has 0 aliphatic carbocycles. The van der Waals surface area contributed by atoms with E-state index in [1.54, 1.807) is 0 Å². The van der Waals surface area contributed by atoms with Gasteiger partial charge in [0.05, 0.1) is 11.6 Å². The number of rotatable bonds is 3. The van der Waals surface area contributed by atoms with Crippen molar-refractivity contribution in [1.82, 2.24) is 4.31 Å². The maximum Gasteiger partial charge on any atom is 0.245 e. The van der Waals surface area contributed by atoms with E-state index in [0.29, 0.717) is 0 Å². The number of benzene rings is 1. The predicted octanol–water partition coefficient (Wildman–Crippen LogP) is 3.44. The normalized spacial score (nSPS) is 24.2. The van der Waals surface area contributed by atoms with Gasteiger partial charge >= 0.3 is 0 Å². The van der Waals surface area contributed by atoms with E-state index in [-0.39, 0.29) is 32.6 Å². The molecule has 1 aromatic rings. The minimum Gasteiger partial charge on any atom is -0.392 e. The Morgan fingerprint density at radius 1 is 1.24 bits per heavy atom. The second-order valence-electron chi connectivity index (χ2n) is 5.46. The molecule has 4 nitrogen and oxygen atoms in total. The summed E-state index contributed by atoms with van der Waals surface area (Å²) in [5, 5.41) is 9.60. The Labute approximate surface area is 135 Å². The van der Waals surface area contributed by atoms with Gasteiger partial charge in [0.1, 0.15) is 4.90 Å². The molecule has 118 valence electrons. The molecule has 0 spiro atoms. The number of hydrogen-bond donors (Lipinski definition) is 1. The van der Waals surface area contributed by atoms with Gasteiger partial charge in [-0.1, -0.05) is 29.6 Å². The standard InChI is InChI=1S/C14H19Cl2NO3S/c1-9-4-3-5-10(2)17(9)21(19,20)13-7-6-12(15)11(8-18)14(13)16/h6-7,9-10,18H,3-5,8H2,1-2H3. The molecule has 0 aromatic heterocycles. The van der Waals surface area contributed by atoms with Crippen molar-refractivity contribution in [1.29, 1.82) is 0 Å². The maximum atomic E-state index is 12.9. The van der Waals surface area contributed by atoms with E-state index in [4.69, 9.17) is 23.2 Å². The summed E-state index contributed by atoms with van der Waals surface area (Å²) in [6.45, 7) is 3.42. The summed E-state index contributed by atoms with van der Waals surface area (Å²) in [6.07, 6.45) is 2.69. The van der Waals surface area contributed by atoms with Crippen LogP contribution in [0.15, 0.2) is 17.0 Å². The maximum absolute atomic E-state index is 12.9. The Bertz CT molecular complexity index is 623. The van der Waals surface area contributed by atoms with Gasteiger partial charge in [0.25, 0.3) is 0 Å². The highest BCUT2D eigenvalue weighted by Gasteiger charge is 2.37. The second kappa shape index (κ2) is 6.42. The van der Waals surface area contributed by atoms with Crippen molar-refractivity contribution in [3.05, 3.63) is 27.7 Å². The molecule has 0 radical (unpaired) electrons. The Morgan fingerprint density at radius 2 is 1.81 bits per heavy atom. The second-order valence-corrected chi connectivity index (χ2v) is 8.06. The van der Waals surface area contributed by atoms with Gasteiger partial charge in [-0.2, -0.15) is 4.31 Å². The van der Waals surface area contributed by atoms with Crippen LogP contribution in [0.5, 0.6) is 0 Å². The van der Waals surface area contributed by atoms with E-state index in [9.17, 15) is 13.5 Å². The summed E-state index contributed by atoms with van der Waals surface area (Å²) in [4.78, 5) is 0.0122. The zero-order valence-electron chi connectivity index (χ0n) is 12.0. The van der Waals surface area contributed by atoms with Crippen molar-refractivity contribution in [2.45, 2.75) is 56.7 Å². The molecule has 0 bridgehead atoms. The van der Waals surface area contributed by atoms with Crippen LogP contribution in [0.25, 0.3) is 0 Å². The first kappa shape index (κ1) is 17.0.